The van der Waals surface area contributed by atoms with Gasteiger partial charge in [0.25, 0.3) is 5.91 Å². The first kappa shape index (κ1) is 15.9. The lowest BCUT2D eigenvalue weighted by Gasteiger charge is -2.22. The molecule has 1 saturated heterocycles. The number of carbonyl (C=O) groups is 1. The molecule has 1 aliphatic heterocycles. The topological polar surface area (TPSA) is 66.8 Å². The second kappa shape index (κ2) is 6.35. The number of carbonyl (C=O) groups excluding carboxylic acids is 1. The first-order valence-corrected chi connectivity index (χ1v) is 8.90. The fraction of sp³-hybridized carbons (Fsp3) is 0.421. The van der Waals surface area contributed by atoms with Gasteiger partial charge in [-0.2, -0.15) is 5.10 Å². The van der Waals surface area contributed by atoms with Crippen LogP contribution in [0.3, 0.4) is 0 Å². The number of rotatable bonds is 4. The maximum atomic E-state index is 13.0. The summed E-state index contributed by atoms with van der Waals surface area (Å²) in [5, 5.41) is 4.33. The molecule has 1 fully saturated rings. The van der Waals surface area contributed by atoms with Gasteiger partial charge in [0.05, 0.1) is 28.8 Å². The minimum atomic E-state index is 0.00773. The van der Waals surface area contributed by atoms with Crippen molar-refractivity contribution in [2.45, 2.75) is 39.3 Å². The number of nitrogens with zero attached hydrogens (tertiary/aromatic N) is 4. The van der Waals surface area contributed by atoms with Crippen molar-refractivity contribution in [1.82, 2.24) is 24.6 Å². The molecule has 3 heterocycles. The number of hydrogen-bond acceptors (Lipinski definition) is 3. The Morgan fingerprint density at radius 2 is 2.20 bits per heavy atom. The van der Waals surface area contributed by atoms with E-state index in [0.29, 0.717) is 11.5 Å². The summed E-state index contributed by atoms with van der Waals surface area (Å²) < 4.78 is 1.85. The molecular formula is C19H23N5O. The molecule has 1 unspecified atom stereocenters. The van der Waals surface area contributed by atoms with Crippen LogP contribution in [0.25, 0.3) is 11.0 Å². The predicted molar refractivity (Wildman–Crippen MR) is 96.2 cm³/mol. The van der Waals surface area contributed by atoms with Crippen LogP contribution in [0.4, 0.5) is 0 Å². The van der Waals surface area contributed by atoms with E-state index in [9.17, 15) is 4.79 Å². The number of amides is 1. The first-order valence-electron chi connectivity index (χ1n) is 8.90. The van der Waals surface area contributed by atoms with Gasteiger partial charge in [0.2, 0.25) is 0 Å². The molecule has 130 valence electrons. The highest BCUT2D eigenvalue weighted by Gasteiger charge is 2.33. The number of hydrogen-bond donors (Lipinski definition) is 1. The zero-order valence-electron chi connectivity index (χ0n) is 14.6. The third kappa shape index (κ3) is 3.04. The van der Waals surface area contributed by atoms with Crippen LogP contribution in [0.2, 0.25) is 0 Å². The Bertz CT molecular complexity index is 861. The molecule has 6 nitrogen and oxygen atoms in total. The van der Waals surface area contributed by atoms with E-state index >= 15 is 0 Å². The zero-order valence-corrected chi connectivity index (χ0v) is 14.6. The third-order valence-electron chi connectivity index (χ3n) is 4.67. The Balaban J connectivity index is 1.58. The van der Waals surface area contributed by atoms with Gasteiger partial charge in [0, 0.05) is 19.3 Å². The van der Waals surface area contributed by atoms with Crippen LogP contribution in [0.5, 0.6) is 0 Å². The summed E-state index contributed by atoms with van der Waals surface area (Å²) in [6.07, 6.45) is 5.47. The Kier molecular flexibility index (Phi) is 4.03. The zero-order chi connectivity index (χ0) is 17.4. The van der Waals surface area contributed by atoms with E-state index in [1.807, 2.05) is 40.0 Å². The fourth-order valence-electron chi connectivity index (χ4n) is 3.54. The maximum Gasteiger partial charge on any atom is 0.257 e. The molecule has 2 aromatic heterocycles. The van der Waals surface area contributed by atoms with Gasteiger partial charge in [-0.1, -0.05) is 26.0 Å². The summed E-state index contributed by atoms with van der Waals surface area (Å²) >= 11 is 0. The molecule has 0 saturated carbocycles. The Hall–Kier alpha value is -2.63. The number of fused-ring (bicyclic) bond motifs is 1. The minimum absolute atomic E-state index is 0.00773. The van der Waals surface area contributed by atoms with Crippen LogP contribution in [0, 0.1) is 5.92 Å². The van der Waals surface area contributed by atoms with Crippen molar-refractivity contribution in [1.29, 1.82) is 0 Å². The SMILES string of the molecule is CC(C)Cn1cc(C(=O)N2CCCC2c2nc3ccccc3[nH]2)cn1. The van der Waals surface area contributed by atoms with E-state index in [1.54, 1.807) is 6.20 Å². The van der Waals surface area contributed by atoms with Gasteiger partial charge in [0.1, 0.15) is 5.82 Å². The van der Waals surface area contributed by atoms with Gasteiger partial charge in [-0.05, 0) is 30.9 Å². The van der Waals surface area contributed by atoms with E-state index < -0.39 is 0 Å². The second-order valence-corrected chi connectivity index (χ2v) is 7.14. The molecule has 3 aromatic rings. The molecular weight excluding hydrogens is 314 g/mol. The average molecular weight is 337 g/mol. The van der Waals surface area contributed by atoms with Crippen molar-refractivity contribution in [2.24, 2.45) is 5.92 Å². The van der Waals surface area contributed by atoms with Crippen LogP contribution in [-0.4, -0.2) is 37.1 Å². The lowest BCUT2D eigenvalue weighted by molar-refractivity contribution is 0.0730. The highest BCUT2D eigenvalue weighted by atomic mass is 16.2. The average Bonchev–Trinajstić information content (AvgIpc) is 3.31. The molecule has 0 radical (unpaired) electrons. The monoisotopic (exact) mass is 337 g/mol. The van der Waals surface area contributed by atoms with Crippen molar-refractivity contribution >= 4 is 16.9 Å². The highest BCUT2D eigenvalue weighted by molar-refractivity contribution is 5.94. The first-order chi connectivity index (χ1) is 12.1. The number of H-pyrrole nitrogens is 1. The Morgan fingerprint density at radius 1 is 1.36 bits per heavy atom. The molecule has 1 atom stereocenters. The quantitative estimate of drug-likeness (QED) is 0.793. The predicted octanol–water partition coefficient (Wildman–Crippen LogP) is 3.39. The van der Waals surface area contributed by atoms with Crippen molar-refractivity contribution in [3.63, 3.8) is 0 Å². The molecule has 0 bridgehead atoms. The Labute approximate surface area is 146 Å². The van der Waals surface area contributed by atoms with Crippen LogP contribution in [0.1, 0.15) is 48.9 Å². The Morgan fingerprint density at radius 3 is 3.00 bits per heavy atom. The molecule has 1 amide bonds. The summed E-state index contributed by atoms with van der Waals surface area (Å²) in [5.74, 6) is 1.41. The summed E-state index contributed by atoms with van der Waals surface area (Å²) in [7, 11) is 0. The van der Waals surface area contributed by atoms with E-state index in [2.05, 4.69) is 23.9 Å². The largest absolute Gasteiger partial charge is 0.340 e. The van der Waals surface area contributed by atoms with Gasteiger partial charge < -0.3 is 9.88 Å². The lowest BCUT2D eigenvalue weighted by atomic mass is 10.2. The van der Waals surface area contributed by atoms with Gasteiger partial charge in [-0.15, -0.1) is 0 Å². The second-order valence-electron chi connectivity index (χ2n) is 7.14. The molecule has 1 aromatic carbocycles. The lowest BCUT2D eigenvalue weighted by Crippen LogP contribution is -2.30. The summed E-state index contributed by atoms with van der Waals surface area (Å²) in [6.45, 7) is 5.86. The van der Waals surface area contributed by atoms with E-state index in [-0.39, 0.29) is 11.9 Å². The highest BCUT2D eigenvalue weighted by Crippen LogP contribution is 2.32. The summed E-state index contributed by atoms with van der Waals surface area (Å²) in [5.41, 5.74) is 2.62. The number of para-hydroxylation sites is 2. The smallest absolute Gasteiger partial charge is 0.257 e. The van der Waals surface area contributed by atoms with Crippen molar-refractivity contribution in [3.8, 4) is 0 Å². The van der Waals surface area contributed by atoms with Crippen LogP contribution >= 0.6 is 0 Å². The number of aromatic nitrogens is 4. The molecule has 4 rings (SSSR count). The normalized spacial score (nSPS) is 17.7. The van der Waals surface area contributed by atoms with Crippen LogP contribution < -0.4 is 0 Å². The molecule has 0 aliphatic carbocycles. The molecule has 0 spiro atoms. The molecule has 6 heteroatoms. The summed E-state index contributed by atoms with van der Waals surface area (Å²) in [6, 6.07) is 7.99. The fourth-order valence-corrected chi connectivity index (χ4v) is 3.54. The number of nitrogens with one attached hydrogen (secondary N) is 1. The van der Waals surface area contributed by atoms with E-state index in [0.717, 1.165) is 42.8 Å². The van der Waals surface area contributed by atoms with Crippen LogP contribution in [-0.2, 0) is 6.54 Å². The van der Waals surface area contributed by atoms with Crippen molar-refractivity contribution < 1.29 is 4.79 Å². The number of imidazole rings is 1. The van der Waals surface area contributed by atoms with Gasteiger partial charge in [-0.3, -0.25) is 9.48 Å². The van der Waals surface area contributed by atoms with Crippen molar-refractivity contribution in [2.75, 3.05) is 6.54 Å². The van der Waals surface area contributed by atoms with Crippen molar-refractivity contribution in [3.05, 3.63) is 48.0 Å². The van der Waals surface area contributed by atoms with Gasteiger partial charge in [0.15, 0.2) is 0 Å². The van der Waals surface area contributed by atoms with E-state index in [1.165, 1.54) is 0 Å². The summed E-state index contributed by atoms with van der Waals surface area (Å²) in [4.78, 5) is 23.0. The molecule has 25 heavy (non-hydrogen) atoms. The maximum absolute atomic E-state index is 13.0. The third-order valence-corrected chi connectivity index (χ3v) is 4.67. The van der Waals surface area contributed by atoms with Gasteiger partial charge in [-0.25, -0.2) is 4.98 Å². The number of aromatic amines is 1. The van der Waals surface area contributed by atoms with Crippen LogP contribution in [0.15, 0.2) is 36.7 Å². The van der Waals surface area contributed by atoms with Gasteiger partial charge >= 0.3 is 0 Å². The molecule has 1 aliphatic rings. The molecule has 1 N–H and O–H groups in total. The number of benzene rings is 1. The number of likely N-dealkylation sites (tertiary alicyclic amines) is 1. The van der Waals surface area contributed by atoms with E-state index in [4.69, 9.17) is 4.98 Å². The standard InChI is InChI=1S/C19H23N5O/c1-13(2)11-23-12-14(10-20-23)19(25)24-9-5-8-17(24)18-21-15-6-3-4-7-16(15)22-18/h3-4,6-7,10,12-13,17H,5,8-9,11H2,1-2H3,(H,21,22). The minimum Gasteiger partial charge on any atom is -0.340 e.